The summed E-state index contributed by atoms with van der Waals surface area (Å²) in [6.45, 7) is 4.65. The van der Waals surface area contributed by atoms with Crippen LogP contribution in [0.25, 0.3) is 10.2 Å². The molecule has 0 aliphatic carbocycles. The van der Waals surface area contributed by atoms with Crippen LogP contribution in [0.15, 0.2) is 18.2 Å². The van der Waals surface area contributed by atoms with Crippen molar-refractivity contribution in [3.05, 3.63) is 23.8 Å². The van der Waals surface area contributed by atoms with Gasteiger partial charge >= 0.3 is 5.97 Å². The van der Waals surface area contributed by atoms with E-state index >= 15 is 0 Å². The van der Waals surface area contributed by atoms with E-state index in [0.29, 0.717) is 23.2 Å². The first-order chi connectivity index (χ1) is 8.56. The van der Waals surface area contributed by atoms with Gasteiger partial charge in [0, 0.05) is 0 Å². The minimum Gasteiger partial charge on any atom is -0.462 e. The summed E-state index contributed by atoms with van der Waals surface area (Å²) in [5, 5.41) is 0.510. The van der Waals surface area contributed by atoms with E-state index in [1.54, 1.807) is 18.2 Å². The van der Waals surface area contributed by atoms with Crippen LogP contribution in [-0.4, -0.2) is 17.6 Å². The normalized spacial score (nSPS) is 11.1. The number of anilines is 1. The van der Waals surface area contributed by atoms with Crippen LogP contribution in [-0.2, 0) is 4.74 Å². The highest BCUT2D eigenvalue weighted by Gasteiger charge is 2.10. The average molecular weight is 264 g/mol. The van der Waals surface area contributed by atoms with Gasteiger partial charge in [-0.25, -0.2) is 9.78 Å². The van der Waals surface area contributed by atoms with Crippen LogP contribution < -0.4 is 5.73 Å². The van der Waals surface area contributed by atoms with E-state index in [2.05, 4.69) is 18.8 Å². The Hall–Kier alpha value is -1.62. The van der Waals surface area contributed by atoms with Gasteiger partial charge in [0.1, 0.15) is 0 Å². The fourth-order valence-electron chi connectivity index (χ4n) is 1.54. The summed E-state index contributed by atoms with van der Waals surface area (Å²) in [7, 11) is 0. The quantitative estimate of drug-likeness (QED) is 0.862. The lowest BCUT2D eigenvalue weighted by Gasteiger charge is -2.06. The molecule has 1 heterocycles. The van der Waals surface area contributed by atoms with Crippen molar-refractivity contribution in [2.45, 2.75) is 20.3 Å². The molecule has 0 radical (unpaired) electrons. The van der Waals surface area contributed by atoms with Crippen molar-refractivity contribution in [3.63, 3.8) is 0 Å². The van der Waals surface area contributed by atoms with Crippen molar-refractivity contribution in [1.29, 1.82) is 0 Å². The van der Waals surface area contributed by atoms with Crippen molar-refractivity contribution < 1.29 is 9.53 Å². The number of aromatic nitrogens is 1. The van der Waals surface area contributed by atoms with Crippen LogP contribution in [0.5, 0.6) is 0 Å². The molecule has 0 atom stereocenters. The summed E-state index contributed by atoms with van der Waals surface area (Å²) < 4.78 is 6.12. The summed E-state index contributed by atoms with van der Waals surface area (Å²) in [6, 6.07) is 5.29. The van der Waals surface area contributed by atoms with Crippen molar-refractivity contribution in [1.82, 2.24) is 4.98 Å². The number of carbonyl (C=O) groups is 1. The number of nitrogens with two attached hydrogens (primary N) is 1. The molecule has 4 nitrogen and oxygen atoms in total. The zero-order valence-electron chi connectivity index (χ0n) is 10.5. The Morgan fingerprint density at radius 2 is 2.28 bits per heavy atom. The first kappa shape index (κ1) is 12.8. The molecule has 0 aliphatic rings. The molecule has 0 saturated carbocycles. The molecular weight excluding hydrogens is 248 g/mol. The minimum atomic E-state index is -0.287. The van der Waals surface area contributed by atoms with E-state index in [9.17, 15) is 4.79 Å². The number of hydrogen-bond donors (Lipinski definition) is 1. The standard InChI is InChI=1S/C13H16N2O2S/c1-8(2)5-6-17-12(16)9-3-4-10-11(7-9)18-13(14)15-10/h3-4,7-8H,5-6H2,1-2H3,(H2,14,15). The Labute approximate surface area is 110 Å². The maximum atomic E-state index is 11.8. The van der Waals surface area contributed by atoms with Crippen LogP contribution in [0, 0.1) is 5.92 Å². The topological polar surface area (TPSA) is 65.2 Å². The van der Waals surface area contributed by atoms with Crippen molar-refractivity contribution >= 4 is 32.7 Å². The van der Waals surface area contributed by atoms with Crippen LogP contribution in [0.1, 0.15) is 30.6 Å². The number of carbonyl (C=O) groups excluding carboxylic acids is 1. The molecule has 96 valence electrons. The van der Waals surface area contributed by atoms with Gasteiger partial charge in [0.05, 0.1) is 22.4 Å². The van der Waals surface area contributed by atoms with E-state index < -0.39 is 0 Å². The van der Waals surface area contributed by atoms with Gasteiger partial charge in [-0.15, -0.1) is 0 Å². The number of rotatable bonds is 4. The van der Waals surface area contributed by atoms with E-state index in [4.69, 9.17) is 10.5 Å². The molecule has 0 spiro atoms. The Kier molecular flexibility index (Phi) is 3.81. The summed E-state index contributed by atoms with van der Waals surface area (Å²) in [5.74, 6) is 0.242. The highest BCUT2D eigenvalue weighted by molar-refractivity contribution is 7.22. The zero-order chi connectivity index (χ0) is 13.1. The number of ether oxygens (including phenoxy) is 1. The van der Waals surface area contributed by atoms with E-state index in [1.807, 2.05) is 0 Å². The highest BCUT2D eigenvalue weighted by atomic mass is 32.1. The molecule has 5 heteroatoms. The SMILES string of the molecule is CC(C)CCOC(=O)c1ccc2nc(N)sc2c1. The van der Waals surface area contributed by atoms with Crippen LogP contribution in [0.4, 0.5) is 5.13 Å². The average Bonchev–Trinajstić information content (AvgIpc) is 2.67. The van der Waals surface area contributed by atoms with Gasteiger partial charge in [0.15, 0.2) is 5.13 Å². The first-order valence-corrected chi connectivity index (χ1v) is 6.71. The number of fused-ring (bicyclic) bond motifs is 1. The third kappa shape index (κ3) is 2.98. The number of benzene rings is 1. The van der Waals surface area contributed by atoms with E-state index in [1.165, 1.54) is 11.3 Å². The van der Waals surface area contributed by atoms with Gasteiger partial charge in [-0.3, -0.25) is 0 Å². The summed E-state index contributed by atoms with van der Waals surface area (Å²) in [5.41, 5.74) is 6.99. The first-order valence-electron chi connectivity index (χ1n) is 5.89. The largest absolute Gasteiger partial charge is 0.462 e. The lowest BCUT2D eigenvalue weighted by atomic mass is 10.1. The Morgan fingerprint density at radius 1 is 1.50 bits per heavy atom. The van der Waals surface area contributed by atoms with Gasteiger partial charge in [-0.2, -0.15) is 0 Å². The second-order valence-electron chi connectivity index (χ2n) is 4.55. The van der Waals surface area contributed by atoms with E-state index in [0.717, 1.165) is 16.6 Å². The van der Waals surface area contributed by atoms with Gasteiger partial charge in [0.2, 0.25) is 0 Å². The van der Waals surface area contributed by atoms with Gasteiger partial charge in [-0.1, -0.05) is 25.2 Å². The molecule has 2 rings (SSSR count). The predicted octanol–water partition coefficient (Wildman–Crippen LogP) is 3.08. The maximum absolute atomic E-state index is 11.8. The highest BCUT2D eigenvalue weighted by Crippen LogP contribution is 2.24. The minimum absolute atomic E-state index is 0.287. The van der Waals surface area contributed by atoms with Gasteiger partial charge < -0.3 is 10.5 Å². The molecule has 18 heavy (non-hydrogen) atoms. The molecule has 0 aliphatic heterocycles. The molecule has 0 unspecified atom stereocenters. The van der Waals surface area contributed by atoms with E-state index in [-0.39, 0.29) is 5.97 Å². The molecule has 0 fully saturated rings. The summed E-state index contributed by atoms with van der Waals surface area (Å²) in [6.07, 6.45) is 0.876. The van der Waals surface area contributed by atoms with Crippen molar-refractivity contribution in [2.75, 3.05) is 12.3 Å². The fraction of sp³-hybridized carbons (Fsp3) is 0.385. The molecule has 2 N–H and O–H groups in total. The molecule has 2 aromatic rings. The van der Waals surface area contributed by atoms with Crippen LogP contribution in [0.3, 0.4) is 0 Å². The predicted molar refractivity (Wildman–Crippen MR) is 73.8 cm³/mol. The van der Waals surface area contributed by atoms with Crippen LogP contribution in [0.2, 0.25) is 0 Å². The fourth-order valence-corrected chi connectivity index (χ4v) is 2.31. The van der Waals surface area contributed by atoms with Gasteiger partial charge in [-0.05, 0) is 30.5 Å². The lowest BCUT2D eigenvalue weighted by molar-refractivity contribution is 0.0488. The lowest BCUT2D eigenvalue weighted by Crippen LogP contribution is -2.07. The second kappa shape index (κ2) is 5.35. The molecule has 0 amide bonds. The Morgan fingerprint density at radius 3 is 3.00 bits per heavy atom. The third-order valence-electron chi connectivity index (χ3n) is 2.57. The monoisotopic (exact) mass is 264 g/mol. The second-order valence-corrected chi connectivity index (χ2v) is 5.62. The summed E-state index contributed by atoms with van der Waals surface area (Å²) in [4.78, 5) is 16.0. The smallest absolute Gasteiger partial charge is 0.338 e. The van der Waals surface area contributed by atoms with Gasteiger partial charge in [0.25, 0.3) is 0 Å². The number of esters is 1. The molecule has 0 bridgehead atoms. The number of nitrogen functional groups attached to an aromatic ring is 1. The number of thiazole rings is 1. The Bertz CT molecular complexity index is 563. The molecular formula is C13H16N2O2S. The molecule has 1 aromatic carbocycles. The third-order valence-corrected chi connectivity index (χ3v) is 3.42. The molecule has 0 saturated heterocycles. The maximum Gasteiger partial charge on any atom is 0.338 e. The van der Waals surface area contributed by atoms with Crippen molar-refractivity contribution in [2.24, 2.45) is 5.92 Å². The summed E-state index contributed by atoms with van der Waals surface area (Å²) >= 11 is 1.37. The number of hydrogen-bond acceptors (Lipinski definition) is 5. The van der Waals surface area contributed by atoms with Crippen molar-refractivity contribution in [3.8, 4) is 0 Å². The zero-order valence-corrected chi connectivity index (χ0v) is 11.3. The number of nitrogens with zero attached hydrogens (tertiary/aromatic N) is 1. The Balaban J connectivity index is 2.08. The molecule has 1 aromatic heterocycles. The van der Waals surface area contributed by atoms with Crippen LogP contribution >= 0.6 is 11.3 Å².